The van der Waals surface area contributed by atoms with Crippen LogP contribution in [0, 0.1) is 0 Å². The smallest absolute Gasteiger partial charge is 0.275 e. The highest BCUT2D eigenvalue weighted by atomic mass is 16.5. The summed E-state index contributed by atoms with van der Waals surface area (Å²) in [7, 11) is 0. The second kappa shape index (κ2) is 6.97. The van der Waals surface area contributed by atoms with E-state index in [9.17, 15) is 4.79 Å². The van der Waals surface area contributed by atoms with Crippen molar-refractivity contribution >= 4 is 5.91 Å². The number of nitrogens with one attached hydrogen (secondary N) is 1. The van der Waals surface area contributed by atoms with Gasteiger partial charge in [0.15, 0.2) is 6.54 Å². The molecule has 1 saturated carbocycles. The van der Waals surface area contributed by atoms with Crippen LogP contribution in [0.4, 0.5) is 0 Å². The predicted octanol–water partition coefficient (Wildman–Crippen LogP) is 0.178. The second-order valence-electron chi connectivity index (χ2n) is 5.27. The largest absolute Gasteiger partial charge is 0.372 e. The maximum atomic E-state index is 11.7. The molecule has 1 heterocycles. The highest BCUT2D eigenvalue weighted by molar-refractivity contribution is 5.77. The van der Waals surface area contributed by atoms with Crippen molar-refractivity contribution in [2.75, 3.05) is 19.7 Å². The Bertz CT molecular complexity index is 234. The van der Waals surface area contributed by atoms with Crippen molar-refractivity contribution in [1.29, 1.82) is 0 Å². The van der Waals surface area contributed by atoms with Gasteiger partial charge in [-0.2, -0.15) is 0 Å². The van der Waals surface area contributed by atoms with Crippen LogP contribution in [0.3, 0.4) is 0 Å². The van der Waals surface area contributed by atoms with E-state index in [-0.39, 0.29) is 5.91 Å². The maximum Gasteiger partial charge on any atom is 0.275 e. The molecule has 0 unspecified atom stereocenters. The lowest BCUT2D eigenvalue weighted by molar-refractivity contribution is -0.650. The van der Waals surface area contributed by atoms with Crippen LogP contribution in [0.25, 0.3) is 0 Å². The third kappa shape index (κ3) is 4.64. The first-order chi connectivity index (χ1) is 8.34. The van der Waals surface area contributed by atoms with Crippen molar-refractivity contribution in [2.24, 2.45) is 0 Å². The van der Waals surface area contributed by atoms with Gasteiger partial charge in [-0.15, -0.1) is 0 Å². The van der Waals surface area contributed by atoms with E-state index in [1.807, 2.05) is 0 Å². The number of hydrogen-bond donors (Lipinski definition) is 2. The van der Waals surface area contributed by atoms with Crippen LogP contribution in [0.5, 0.6) is 0 Å². The molecule has 2 aliphatic rings. The average molecular weight is 241 g/mol. The summed E-state index contributed by atoms with van der Waals surface area (Å²) >= 11 is 0. The molecular formula is C13H25N2O2+. The van der Waals surface area contributed by atoms with Crippen LogP contribution >= 0.6 is 0 Å². The summed E-state index contributed by atoms with van der Waals surface area (Å²) in [5.74, 6) is 0.190. The standard InChI is InChI=1S/C13H24N2O2/c16-13(15-11-5-2-1-3-6-11)10-14-9-12-7-4-8-17-12/h11-12,14H,1-10H2,(H,15,16)/p+1/t12-/m0/s1. The number of rotatable bonds is 5. The first-order valence-electron chi connectivity index (χ1n) is 7.07. The highest BCUT2D eigenvalue weighted by Gasteiger charge is 2.19. The van der Waals surface area contributed by atoms with E-state index in [1.165, 1.54) is 25.7 Å². The fraction of sp³-hybridized carbons (Fsp3) is 0.923. The minimum Gasteiger partial charge on any atom is -0.372 e. The summed E-state index contributed by atoms with van der Waals surface area (Å²) in [6.07, 6.45) is 8.90. The Kier molecular flexibility index (Phi) is 5.26. The number of amides is 1. The van der Waals surface area contributed by atoms with Gasteiger partial charge in [0.05, 0.1) is 0 Å². The summed E-state index contributed by atoms with van der Waals surface area (Å²) in [6.45, 7) is 2.38. The molecule has 1 aliphatic heterocycles. The number of ether oxygens (including phenoxy) is 1. The second-order valence-corrected chi connectivity index (χ2v) is 5.27. The van der Waals surface area contributed by atoms with Crippen molar-refractivity contribution in [3.63, 3.8) is 0 Å². The van der Waals surface area contributed by atoms with E-state index in [1.54, 1.807) is 0 Å². The van der Waals surface area contributed by atoms with E-state index in [4.69, 9.17) is 4.74 Å². The number of quaternary nitrogens is 1. The van der Waals surface area contributed by atoms with E-state index < -0.39 is 0 Å². The van der Waals surface area contributed by atoms with Crippen molar-refractivity contribution in [2.45, 2.75) is 57.1 Å². The van der Waals surface area contributed by atoms with Gasteiger partial charge in [0.25, 0.3) is 5.91 Å². The van der Waals surface area contributed by atoms with Crippen molar-refractivity contribution in [1.82, 2.24) is 5.32 Å². The van der Waals surface area contributed by atoms with Crippen LogP contribution in [-0.4, -0.2) is 37.7 Å². The quantitative estimate of drug-likeness (QED) is 0.721. The Hall–Kier alpha value is -0.610. The van der Waals surface area contributed by atoms with Gasteiger partial charge in [-0.3, -0.25) is 4.79 Å². The molecule has 3 N–H and O–H groups in total. The average Bonchev–Trinajstić information content (AvgIpc) is 2.83. The minimum absolute atomic E-state index is 0.190. The van der Waals surface area contributed by atoms with Gasteiger partial charge in [0.1, 0.15) is 12.6 Å². The summed E-state index contributed by atoms with van der Waals surface area (Å²) in [4.78, 5) is 11.7. The summed E-state index contributed by atoms with van der Waals surface area (Å²) in [5, 5.41) is 5.21. The van der Waals surface area contributed by atoms with Crippen LogP contribution in [0.2, 0.25) is 0 Å². The summed E-state index contributed by atoms with van der Waals surface area (Å²) in [5.41, 5.74) is 0. The van der Waals surface area contributed by atoms with Crippen LogP contribution < -0.4 is 10.6 Å². The zero-order valence-corrected chi connectivity index (χ0v) is 10.6. The lowest BCUT2D eigenvalue weighted by Crippen LogP contribution is -2.88. The molecule has 2 rings (SSSR count). The number of hydrogen-bond acceptors (Lipinski definition) is 2. The van der Waals surface area contributed by atoms with Gasteiger partial charge in [0.2, 0.25) is 0 Å². The summed E-state index contributed by atoms with van der Waals surface area (Å²) < 4.78 is 5.52. The molecule has 0 radical (unpaired) electrons. The number of carbonyl (C=O) groups excluding carboxylic acids is 1. The molecule has 0 bridgehead atoms. The molecule has 4 nitrogen and oxygen atoms in total. The predicted molar refractivity (Wildman–Crippen MR) is 65.6 cm³/mol. The lowest BCUT2D eigenvalue weighted by atomic mass is 9.95. The molecular weight excluding hydrogens is 216 g/mol. The Morgan fingerprint density at radius 2 is 2.00 bits per heavy atom. The van der Waals surface area contributed by atoms with Gasteiger partial charge in [-0.1, -0.05) is 19.3 Å². The van der Waals surface area contributed by atoms with Gasteiger partial charge in [-0.25, -0.2) is 0 Å². The Labute approximate surface area is 103 Å². The maximum absolute atomic E-state index is 11.7. The normalized spacial score (nSPS) is 26.0. The Morgan fingerprint density at radius 3 is 2.71 bits per heavy atom. The number of nitrogens with two attached hydrogens (primary N) is 1. The van der Waals surface area contributed by atoms with Crippen LogP contribution in [0.15, 0.2) is 0 Å². The highest BCUT2D eigenvalue weighted by Crippen LogP contribution is 2.16. The first-order valence-corrected chi connectivity index (χ1v) is 7.07. The van der Waals surface area contributed by atoms with E-state index >= 15 is 0 Å². The molecule has 1 amide bonds. The topological polar surface area (TPSA) is 54.9 Å². The molecule has 1 atom stereocenters. The van der Waals surface area contributed by atoms with E-state index in [0.717, 1.165) is 32.4 Å². The van der Waals surface area contributed by atoms with Gasteiger partial charge in [0, 0.05) is 12.6 Å². The molecule has 2 fully saturated rings. The minimum atomic E-state index is 0.190. The van der Waals surface area contributed by atoms with Crippen molar-refractivity contribution in [3.8, 4) is 0 Å². The Balaban J connectivity index is 1.53. The monoisotopic (exact) mass is 241 g/mol. The lowest BCUT2D eigenvalue weighted by Gasteiger charge is -2.22. The first kappa shape index (κ1) is 12.8. The fourth-order valence-corrected chi connectivity index (χ4v) is 2.76. The molecule has 0 aromatic carbocycles. The Morgan fingerprint density at radius 1 is 1.18 bits per heavy atom. The molecule has 17 heavy (non-hydrogen) atoms. The van der Waals surface area contributed by atoms with Gasteiger partial charge >= 0.3 is 0 Å². The summed E-state index contributed by atoms with van der Waals surface area (Å²) in [6, 6.07) is 0.437. The molecule has 0 aromatic rings. The molecule has 0 spiro atoms. The van der Waals surface area contributed by atoms with E-state index in [0.29, 0.717) is 18.7 Å². The molecule has 1 aliphatic carbocycles. The number of carbonyl (C=O) groups is 1. The van der Waals surface area contributed by atoms with Gasteiger partial charge in [-0.05, 0) is 25.7 Å². The van der Waals surface area contributed by atoms with Crippen molar-refractivity contribution < 1.29 is 14.8 Å². The van der Waals surface area contributed by atoms with E-state index in [2.05, 4.69) is 10.6 Å². The molecule has 4 heteroatoms. The molecule has 0 aromatic heterocycles. The van der Waals surface area contributed by atoms with Crippen molar-refractivity contribution in [3.05, 3.63) is 0 Å². The zero-order valence-electron chi connectivity index (χ0n) is 10.6. The van der Waals surface area contributed by atoms with Crippen LogP contribution in [0.1, 0.15) is 44.9 Å². The zero-order chi connectivity index (χ0) is 11.9. The fourth-order valence-electron chi connectivity index (χ4n) is 2.76. The third-order valence-electron chi connectivity index (χ3n) is 3.75. The molecule has 98 valence electrons. The van der Waals surface area contributed by atoms with Gasteiger partial charge < -0.3 is 15.4 Å². The SMILES string of the molecule is O=C(C[NH2+]C[C@@H]1CCCO1)NC1CCCCC1. The van der Waals surface area contributed by atoms with Crippen LogP contribution in [-0.2, 0) is 9.53 Å². The third-order valence-corrected chi connectivity index (χ3v) is 3.75. The molecule has 1 saturated heterocycles.